The van der Waals surface area contributed by atoms with Gasteiger partial charge in [-0.25, -0.2) is 0 Å². The first kappa shape index (κ1) is 16.1. The van der Waals surface area contributed by atoms with Gasteiger partial charge in [0.1, 0.15) is 0 Å². The van der Waals surface area contributed by atoms with Crippen molar-refractivity contribution < 1.29 is 0 Å². The number of allylic oxidation sites excluding steroid dienone is 2. The predicted octanol–water partition coefficient (Wildman–Crippen LogP) is 7.00. The zero-order valence-electron chi connectivity index (χ0n) is 15.5. The van der Waals surface area contributed by atoms with Gasteiger partial charge in [-0.05, 0) is 72.3 Å². The Morgan fingerprint density at radius 1 is 0.615 bits per heavy atom. The second-order valence-electron chi connectivity index (χ2n) is 9.17. The van der Waals surface area contributed by atoms with Crippen molar-refractivity contribution in [1.29, 1.82) is 0 Å². The second-order valence-corrected chi connectivity index (χ2v) is 9.17. The molecule has 0 N–H and O–H groups in total. The van der Waals surface area contributed by atoms with Crippen LogP contribution >= 0.6 is 0 Å². The minimum atomic E-state index is 0.432. The Balaban J connectivity index is 1.43. The average Bonchev–Trinajstić information content (AvgIpc) is 2.66. The van der Waals surface area contributed by atoms with Crippen LogP contribution in [0.5, 0.6) is 0 Å². The number of hydrogen-bond donors (Lipinski definition) is 0. The van der Waals surface area contributed by atoms with Crippen LogP contribution in [0.25, 0.3) is 12.2 Å². The third-order valence-electron chi connectivity index (χ3n) is 7.01. The molecule has 2 aromatic rings. The fourth-order valence-electron chi connectivity index (χ4n) is 6.47. The minimum absolute atomic E-state index is 0.432. The molecule has 0 saturated heterocycles. The molecule has 0 radical (unpaired) electrons. The van der Waals surface area contributed by atoms with Crippen LogP contribution in [-0.2, 0) is 0 Å². The molecule has 4 bridgehead atoms. The fraction of sp³-hybridized carbons (Fsp3) is 0.385. The molecule has 4 aliphatic rings. The Morgan fingerprint density at radius 3 is 1.46 bits per heavy atom. The molecule has 0 atom stereocenters. The van der Waals surface area contributed by atoms with Gasteiger partial charge in [-0.3, -0.25) is 0 Å². The summed E-state index contributed by atoms with van der Waals surface area (Å²) in [7, 11) is 0. The van der Waals surface area contributed by atoms with E-state index < -0.39 is 0 Å². The molecule has 0 amide bonds. The zero-order chi connectivity index (χ0) is 17.5. The molecular formula is C26H28. The van der Waals surface area contributed by atoms with Crippen LogP contribution in [0.2, 0.25) is 0 Å². The molecule has 0 aliphatic heterocycles. The van der Waals surface area contributed by atoms with Crippen molar-refractivity contribution in [1.82, 2.24) is 0 Å². The van der Waals surface area contributed by atoms with E-state index in [9.17, 15) is 0 Å². The average molecular weight is 341 g/mol. The van der Waals surface area contributed by atoms with Crippen molar-refractivity contribution in [3.63, 3.8) is 0 Å². The van der Waals surface area contributed by atoms with E-state index in [4.69, 9.17) is 0 Å². The Hall–Kier alpha value is -2.08. The summed E-state index contributed by atoms with van der Waals surface area (Å²) < 4.78 is 0. The molecule has 0 nitrogen and oxygen atoms in total. The zero-order valence-corrected chi connectivity index (χ0v) is 15.5. The summed E-state index contributed by atoms with van der Waals surface area (Å²) in [6.45, 7) is 0. The first-order valence-corrected chi connectivity index (χ1v) is 10.2. The van der Waals surface area contributed by atoms with Gasteiger partial charge in [-0.1, -0.05) is 85.0 Å². The van der Waals surface area contributed by atoms with Crippen LogP contribution in [-0.4, -0.2) is 0 Å². The molecule has 0 spiro atoms. The summed E-state index contributed by atoms with van der Waals surface area (Å²) in [5.74, 6) is 1.86. The van der Waals surface area contributed by atoms with E-state index in [2.05, 4.69) is 85.0 Å². The highest BCUT2D eigenvalue weighted by molar-refractivity contribution is 5.52. The molecule has 132 valence electrons. The Bertz CT molecular complexity index is 730. The van der Waals surface area contributed by atoms with Gasteiger partial charge in [-0.2, -0.15) is 0 Å². The quantitative estimate of drug-likeness (QED) is 0.562. The molecule has 4 fully saturated rings. The highest BCUT2D eigenvalue weighted by Gasteiger charge is 2.55. The van der Waals surface area contributed by atoms with Gasteiger partial charge in [-0.15, -0.1) is 0 Å². The van der Waals surface area contributed by atoms with Gasteiger partial charge < -0.3 is 0 Å². The highest BCUT2D eigenvalue weighted by Crippen LogP contribution is 2.66. The smallest absolute Gasteiger partial charge is 0.0101 e. The van der Waals surface area contributed by atoms with Crippen molar-refractivity contribution in [2.24, 2.45) is 22.7 Å². The summed E-state index contributed by atoms with van der Waals surface area (Å²) in [5, 5.41) is 0. The van der Waals surface area contributed by atoms with Gasteiger partial charge in [0, 0.05) is 0 Å². The van der Waals surface area contributed by atoms with Crippen molar-refractivity contribution in [2.45, 2.75) is 38.5 Å². The molecule has 2 aromatic carbocycles. The van der Waals surface area contributed by atoms with E-state index in [1.165, 1.54) is 49.7 Å². The largest absolute Gasteiger partial charge is 0.0777 e. The summed E-state index contributed by atoms with van der Waals surface area (Å²) in [6.07, 6.45) is 18.4. The van der Waals surface area contributed by atoms with E-state index in [-0.39, 0.29) is 0 Å². The summed E-state index contributed by atoms with van der Waals surface area (Å²) in [4.78, 5) is 0. The highest BCUT2D eigenvalue weighted by atomic mass is 14.6. The van der Waals surface area contributed by atoms with E-state index in [1.54, 1.807) is 0 Å². The third kappa shape index (κ3) is 3.07. The Kier molecular flexibility index (Phi) is 3.89. The molecular weight excluding hydrogens is 312 g/mol. The standard InChI is InChI=1S/C26H28/c1-3-7-21(8-4-1)11-13-25-16-23-15-24(17-25)19-26(18-23,20-25)14-12-22-9-5-2-6-10-22/h1-14,23-24H,15-20H2. The van der Waals surface area contributed by atoms with E-state index in [0.717, 1.165) is 11.8 Å². The molecule has 0 unspecified atom stereocenters. The molecule has 0 heterocycles. The third-order valence-corrected chi connectivity index (χ3v) is 7.01. The molecule has 4 aliphatic carbocycles. The number of benzene rings is 2. The normalized spacial score (nSPS) is 35.5. The maximum Gasteiger partial charge on any atom is -0.0101 e. The van der Waals surface area contributed by atoms with Crippen molar-refractivity contribution in [3.05, 3.63) is 83.9 Å². The SMILES string of the molecule is C(=CC12CC3CC(C1)CC(C=Cc1ccccc1)(C3)C2)c1ccccc1. The lowest BCUT2D eigenvalue weighted by Gasteiger charge is -2.61. The van der Waals surface area contributed by atoms with Crippen LogP contribution < -0.4 is 0 Å². The van der Waals surface area contributed by atoms with Gasteiger partial charge in [0.2, 0.25) is 0 Å². The van der Waals surface area contributed by atoms with Crippen molar-refractivity contribution in [3.8, 4) is 0 Å². The van der Waals surface area contributed by atoms with Gasteiger partial charge in [0.25, 0.3) is 0 Å². The van der Waals surface area contributed by atoms with Crippen molar-refractivity contribution >= 4 is 12.2 Å². The monoisotopic (exact) mass is 340 g/mol. The maximum atomic E-state index is 2.59. The van der Waals surface area contributed by atoms with Crippen LogP contribution in [0.3, 0.4) is 0 Å². The number of hydrogen-bond acceptors (Lipinski definition) is 0. The summed E-state index contributed by atoms with van der Waals surface area (Å²) in [5.41, 5.74) is 3.55. The van der Waals surface area contributed by atoms with Gasteiger partial charge >= 0.3 is 0 Å². The lowest BCUT2D eigenvalue weighted by atomic mass is 9.44. The van der Waals surface area contributed by atoms with E-state index >= 15 is 0 Å². The fourth-order valence-corrected chi connectivity index (χ4v) is 6.47. The van der Waals surface area contributed by atoms with Crippen LogP contribution in [0, 0.1) is 22.7 Å². The first-order valence-electron chi connectivity index (χ1n) is 10.2. The summed E-state index contributed by atoms with van der Waals surface area (Å²) >= 11 is 0. The van der Waals surface area contributed by atoms with Gasteiger partial charge in [0.05, 0.1) is 0 Å². The number of rotatable bonds is 4. The molecule has 0 aromatic heterocycles. The minimum Gasteiger partial charge on any atom is -0.0777 e. The predicted molar refractivity (Wildman–Crippen MR) is 111 cm³/mol. The molecule has 6 rings (SSSR count). The first-order chi connectivity index (χ1) is 12.7. The van der Waals surface area contributed by atoms with E-state index in [0.29, 0.717) is 10.8 Å². The van der Waals surface area contributed by atoms with Crippen LogP contribution in [0.1, 0.15) is 49.7 Å². The Labute approximate surface area is 157 Å². The lowest BCUT2D eigenvalue weighted by molar-refractivity contribution is -0.0615. The van der Waals surface area contributed by atoms with Crippen molar-refractivity contribution in [2.75, 3.05) is 0 Å². The molecule has 0 heteroatoms. The molecule has 26 heavy (non-hydrogen) atoms. The maximum absolute atomic E-state index is 2.59. The molecule has 4 saturated carbocycles. The Morgan fingerprint density at radius 2 is 1.04 bits per heavy atom. The van der Waals surface area contributed by atoms with Gasteiger partial charge in [0.15, 0.2) is 0 Å². The topological polar surface area (TPSA) is 0 Å². The van der Waals surface area contributed by atoms with Crippen LogP contribution in [0.4, 0.5) is 0 Å². The van der Waals surface area contributed by atoms with E-state index in [1.807, 2.05) is 0 Å². The van der Waals surface area contributed by atoms with Crippen LogP contribution in [0.15, 0.2) is 72.8 Å². The second kappa shape index (κ2) is 6.27. The lowest BCUT2D eigenvalue weighted by Crippen LogP contribution is -2.50. The summed E-state index contributed by atoms with van der Waals surface area (Å²) in [6, 6.07) is 21.7.